The molecule has 1 saturated carbocycles. The number of urea groups is 1. The predicted molar refractivity (Wildman–Crippen MR) is 91.8 cm³/mol. The van der Waals surface area contributed by atoms with Crippen molar-refractivity contribution < 1.29 is 19.1 Å². The number of rotatable bonds is 2. The number of amides is 4. The first-order valence-electron chi connectivity index (χ1n) is 9.23. The second kappa shape index (κ2) is 6.59. The van der Waals surface area contributed by atoms with Gasteiger partial charge in [-0.1, -0.05) is 20.8 Å². The highest BCUT2D eigenvalue weighted by Gasteiger charge is 2.53. The number of nitrogens with zero attached hydrogens (tertiary/aromatic N) is 2. The first-order chi connectivity index (χ1) is 11.7. The molecule has 2 saturated heterocycles. The summed E-state index contributed by atoms with van der Waals surface area (Å²) in [4.78, 5) is 40.4. The number of morpholine rings is 1. The molecular weight excluding hydrogens is 322 g/mol. The zero-order chi connectivity index (χ0) is 18.2. The fourth-order valence-corrected chi connectivity index (χ4v) is 4.18. The van der Waals surface area contributed by atoms with Crippen molar-refractivity contribution >= 4 is 17.8 Å². The van der Waals surface area contributed by atoms with Gasteiger partial charge in [0.15, 0.2) is 0 Å². The molecule has 2 heterocycles. The molecule has 1 spiro atoms. The van der Waals surface area contributed by atoms with Gasteiger partial charge in [0.1, 0.15) is 12.1 Å². The molecule has 3 aliphatic rings. The summed E-state index contributed by atoms with van der Waals surface area (Å²) in [5.74, 6) is 0.130. The third kappa shape index (κ3) is 3.52. The predicted octanol–water partition coefficient (Wildman–Crippen LogP) is 1.37. The van der Waals surface area contributed by atoms with Crippen molar-refractivity contribution in [3.8, 4) is 0 Å². The molecule has 0 atom stereocenters. The van der Waals surface area contributed by atoms with Crippen molar-refractivity contribution in [3.05, 3.63) is 0 Å². The first kappa shape index (κ1) is 18.2. The molecule has 2 aliphatic heterocycles. The van der Waals surface area contributed by atoms with E-state index in [1.54, 1.807) is 4.90 Å². The minimum absolute atomic E-state index is 0.172. The van der Waals surface area contributed by atoms with E-state index in [9.17, 15) is 14.4 Å². The van der Waals surface area contributed by atoms with Crippen LogP contribution in [0.15, 0.2) is 0 Å². The lowest BCUT2D eigenvalue weighted by Gasteiger charge is -2.40. The number of nitrogens with one attached hydrogen (secondary N) is 1. The minimum atomic E-state index is -0.801. The van der Waals surface area contributed by atoms with Crippen LogP contribution >= 0.6 is 0 Å². The number of hydrogen-bond acceptors (Lipinski definition) is 4. The Hall–Kier alpha value is -1.63. The van der Waals surface area contributed by atoms with Crippen LogP contribution in [0.1, 0.15) is 46.5 Å². The summed E-state index contributed by atoms with van der Waals surface area (Å²) >= 11 is 0. The lowest BCUT2D eigenvalue weighted by atomic mass is 9.67. The molecule has 1 aliphatic carbocycles. The Kier molecular flexibility index (Phi) is 4.79. The Morgan fingerprint density at radius 3 is 2.36 bits per heavy atom. The molecule has 0 aromatic rings. The quantitative estimate of drug-likeness (QED) is 0.762. The van der Waals surface area contributed by atoms with E-state index >= 15 is 0 Å². The average molecular weight is 351 g/mol. The van der Waals surface area contributed by atoms with Gasteiger partial charge < -0.3 is 15.0 Å². The van der Waals surface area contributed by atoms with E-state index in [0.717, 1.165) is 17.7 Å². The molecule has 7 nitrogen and oxygen atoms in total. The largest absolute Gasteiger partial charge is 0.378 e. The van der Waals surface area contributed by atoms with E-state index in [4.69, 9.17) is 4.74 Å². The topological polar surface area (TPSA) is 79.0 Å². The number of carbonyl (C=O) groups excluding carboxylic acids is 3. The van der Waals surface area contributed by atoms with E-state index < -0.39 is 11.6 Å². The van der Waals surface area contributed by atoms with Gasteiger partial charge in [0.05, 0.1) is 13.2 Å². The van der Waals surface area contributed by atoms with Crippen LogP contribution in [0.4, 0.5) is 4.79 Å². The van der Waals surface area contributed by atoms with Crippen molar-refractivity contribution in [2.75, 3.05) is 32.8 Å². The molecule has 0 bridgehead atoms. The minimum Gasteiger partial charge on any atom is -0.378 e. The van der Waals surface area contributed by atoms with Gasteiger partial charge in [-0.3, -0.25) is 14.5 Å². The standard InChI is InChI=1S/C18H29N3O4/c1-17(2,3)13-4-6-18(7-5-13)15(23)21(16(24)19-18)12-14(22)20-8-10-25-11-9-20/h13H,4-12H2,1-3H3,(H,19,24). The number of imide groups is 1. The Morgan fingerprint density at radius 1 is 1.20 bits per heavy atom. The summed E-state index contributed by atoms with van der Waals surface area (Å²) in [5, 5.41) is 2.89. The van der Waals surface area contributed by atoms with Crippen LogP contribution in [0.2, 0.25) is 0 Å². The normalized spacial score (nSPS) is 30.8. The van der Waals surface area contributed by atoms with E-state index in [0.29, 0.717) is 45.1 Å². The number of ether oxygens (including phenoxy) is 1. The third-order valence-corrected chi connectivity index (χ3v) is 5.97. The van der Waals surface area contributed by atoms with Gasteiger partial charge in [-0.05, 0) is 37.0 Å². The zero-order valence-electron chi connectivity index (χ0n) is 15.5. The second-order valence-corrected chi connectivity index (χ2v) is 8.54. The Morgan fingerprint density at radius 2 is 1.80 bits per heavy atom. The van der Waals surface area contributed by atoms with E-state index in [1.807, 2.05) is 0 Å². The molecule has 7 heteroatoms. The number of carbonyl (C=O) groups is 3. The maximum absolute atomic E-state index is 12.9. The Bertz CT molecular complexity index is 555. The SMILES string of the molecule is CC(C)(C)C1CCC2(CC1)NC(=O)N(CC(=O)N1CCOCC1)C2=O. The molecule has 0 aromatic heterocycles. The molecule has 25 heavy (non-hydrogen) atoms. The van der Waals surface area contributed by atoms with Crippen LogP contribution in [-0.2, 0) is 14.3 Å². The summed E-state index contributed by atoms with van der Waals surface area (Å²) in [6.45, 7) is 8.53. The van der Waals surface area contributed by atoms with Crippen LogP contribution in [0.5, 0.6) is 0 Å². The van der Waals surface area contributed by atoms with Gasteiger partial charge in [0, 0.05) is 13.1 Å². The lowest BCUT2D eigenvalue weighted by molar-refractivity contribution is -0.142. The zero-order valence-corrected chi connectivity index (χ0v) is 15.5. The second-order valence-electron chi connectivity index (χ2n) is 8.54. The van der Waals surface area contributed by atoms with Crippen molar-refractivity contribution in [2.45, 2.75) is 52.0 Å². The molecule has 0 radical (unpaired) electrons. The average Bonchev–Trinajstić information content (AvgIpc) is 2.79. The summed E-state index contributed by atoms with van der Waals surface area (Å²) in [6, 6.07) is -0.430. The van der Waals surface area contributed by atoms with Crippen LogP contribution in [-0.4, -0.2) is 66.0 Å². The molecule has 3 fully saturated rings. The molecular formula is C18H29N3O4. The van der Waals surface area contributed by atoms with E-state index in [2.05, 4.69) is 26.1 Å². The lowest BCUT2D eigenvalue weighted by Crippen LogP contribution is -2.51. The Labute approximate surface area is 149 Å². The van der Waals surface area contributed by atoms with Crippen molar-refractivity contribution in [2.24, 2.45) is 11.3 Å². The van der Waals surface area contributed by atoms with Gasteiger partial charge >= 0.3 is 6.03 Å². The van der Waals surface area contributed by atoms with Gasteiger partial charge in [0.25, 0.3) is 5.91 Å². The highest BCUT2D eigenvalue weighted by Crippen LogP contribution is 2.43. The molecule has 140 valence electrons. The van der Waals surface area contributed by atoms with Gasteiger partial charge in [0.2, 0.25) is 5.91 Å². The highest BCUT2D eigenvalue weighted by molar-refractivity contribution is 6.09. The summed E-state index contributed by atoms with van der Waals surface area (Å²) in [7, 11) is 0. The highest BCUT2D eigenvalue weighted by atomic mass is 16.5. The smallest absolute Gasteiger partial charge is 0.325 e. The van der Waals surface area contributed by atoms with Crippen LogP contribution in [0.25, 0.3) is 0 Å². The van der Waals surface area contributed by atoms with Crippen LogP contribution < -0.4 is 5.32 Å². The summed E-state index contributed by atoms with van der Waals surface area (Å²) in [5.41, 5.74) is -0.594. The fraction of sp³-hybridized carbons (Fsp3) is 0.833. The fourth-order valence-electron chi connectivity index (χ4n) is 4.18. The molecule has 1 N–H and O–H groups in total. The molecule has 3 rings (SSSR count). The van der Waals surface area contributed by atoms with Crippen molar-refractivity contribution in [3.63, 3.8) is 0 Å². The van der Waals surface area contributed by atoms with Crippen LogP contribution in [0.3, 0.4) is 0 Å². The molecule has 0 unspecified atom stereocenters. The third-order valence-electron chi connectivity index (χ3n) is 5.97. The monoisotopic (exact) mass is 351 g/mol. The van der Waals surface area contributed by atoms with Gasteiger partial charge in [-0.2, -0.15) is 0 Å². The maximum Gasteiger partial charge on any atom is 0.325 e. The summed E-state index contributed by atoms with van der Waals surface area (Å²) in [6.07, 6.45) is 3.14. The van der Waals surface area contributed by atoms with Gasteiger partial charge in [-0.25, -0.2) is 4.79 Å². The molecule has 0 aromatic carbocycles. The maximum atomic E-state index is 12.9. The molecule has 4 amide bonds. The first-order valence-corrected chi connectivity index (χ1v) is 9.23. The van der Waals surface area contributed by atoms with Crippen LogP contribution in [0, 0.1) is 11.3 Å². The van der Waals surface area contributed by atoms with Gasteiger partial charge in [-0.15, -0.1) is 0 Å². The Balaban J connectivity index is 1.63. The number of hydrogen-bond donors (Lipinski definition) is 1. The van der Waals surface area contributed by atoms with E-state index in [-0.39, 0.29) is 23.8 Å². The van der Waals surface area contributed by atoms with Crippen molar-refractivity contribution in [1.29, 1.82) is 0 Å². The van der Waals surface area contributed by atoms with Crippen molar-refractivity contribution in [1.82, 2.24) is 15.1 Å². The van der Waals surface area contributed by atoms with E-state index in [1.165, 1.54) is 0 Å². The summed E-state index contributed by atoms with van der Waals surface area (Å²) < 4.78 is 5.24.